The van der Waals surface area contributed by atoms with Crippen molar-refractivity contribution in [2.75, 3.05) is 46.3 Å². The van der Waals surface area contributed by atoms with Crippen LogP contribution in [0.25, 0.3) is 0 Å². The number of hydrogen-bond acceptors (Lipinski definition) is 5. The number of likely N-dealkylation sites (N-methyl/N-ethyl adjacent to an activating group) is 1. The molecule has 23 heavy (non-hydrogen) atoms. The Kier molecular flexibility index (Phi) is 5.67. The molecule has 0 radical (unpaired) electrons. The molecule has 1 aromatic rings. The van der Waals surface area contributed by atoms with E-state index in [1.807, 2.05) is 0 Å². The zero-order valence-electron chi connectivity index (χ0n) is 15.0. The maximum Gasteiger partial charge on any atom is 0.141 e. The zero-order valence-corrected chi connectivity index (χ0v) is 15.0. The van der Waals surface area contributed by atoms with Crippen molar-refractivity contribution in [2.24, 2.45) is 5.92 Å². The molecule has 2 saturated heterocycles. The van der Waals surface area contributed by atoms with E-state index in [2.05, 4.69) is 50.4 Å². The molecule has 0 spiro atoms. The second kappa shape index (κ2) is 7.73. The first-order valence-electron chi connectivity index (χ1n) is 9.13. The van der Waals surface area contributed by atoms with E-state index >= 15 is 0 Å². The first-order chi connectivity index (χ1) is 11.1. The Morgan fingerprint density at radius 3 is 2.65 bits per heavy atom. The number of piperazine rings is 1. The highest BCUT2D eigenvalue weighted by Gasteiger charge is 2.27. The maximum atomic E-state index is 4.47. The third-order valence-corrected chi connectivity index (χ3v) is 5.12. The monoisotopic (exact) mass is 320 g/mol. The van der Waals surface area contributed by atoms with Gasteiger partial charge in [-0.1, -0.05) is 13.8 Å². The minimum Gasteiger partial charge on any atom is -0.305 e. The van der Waals surface area contributed by atoms with Crippen LogP contribution in [-0.2, 0) is 13.1 Å². The minimum atomic E-state index is 0.607. The quantitative estimate of drug-likeness (QED) is 0.814. The van der Waals surface area contributed by atoms with Crippen LogP contribution in [0.3, 0.4) is 0 Å². The van der Waals surface area contributed by atoms with Gasteiger partial charge in [0.05, 0.1) is 6.54 Å². The molecule has 1 atom stereocenters. The Balaban J connectivity index is 1.48. The number of hydrogen-bond donors (Lipinski definition) is 0. The third kappa shape index (κ3) is 4.52. The number of aromatic nitrogens is 3. The molecule has 1 aromatic heterocycles. The van der Waals surface area contributed by atoms with Gasteiger partial charge in [-0.05, 0) is 32.4 Å². The molecule has 2 aliphatic heterocycles. The van der Waals surface area contributed by atoms with Gasteiger partial charge in [-0.3, -0.25) is 9.80 Å². The Labute approximate surface area is 140 Å². The van der Waals surface area contributed by atoms with E-state index in [9.17, 15) is 0 Å². The lowest BCUT2D eigenvalue weighted by Gasteiger charge is -2.42. The summed E-state index contributed by atoms with van der Waals surface area (Å²) in [5, 5.41) is 4.38. The molecule has 0 bridgehead atoms. The summed E-state index contributed by atoms with van der Waals surface area (Å²) >= 11 is 0. The SMILES string of the molecule is CC(C)Cn1ncnc1CN1CCN([C@@H]2CCCN(C)C2)CC1. The van der Waals surface area contributed by atoms with Gasteiger partial charge in [-0.25, -0.2) is 9.67 Å². The van der Waals surface area contributed by atoms with Crippen LogP contribution in [0.5, 0.6) is 0 Å². The van der Waals surface area contributed by atoms with Crippen molar-refractivity contribution in [3.8, 4) is 0 Å². The molecular formula is C17H32N6. The van der Waals surface area contributed by atoms with E-state index in [-0.39, 0.29) is 0 Å². The average Bonchev–Trinajstić information content (AvgIpc) is 2.94. The first-order valence-corrected chi connectivity index (χ1v) is 9.13. The molecule has 0 unspecified atom stereocenters. The van der Waals surface area contributed by atoms with Crippen LogP contribution in [0.2, 0.25) is 0 Å². The molecule has 2 fully saturated rings. The van der Waals surface area contributed by atoms with Gasteiger partial charge < -0.3 is 4.90 Å². The van der Waals surface area contributed by atoms with E-state index < -0.39 is 0 Å². The van der Waals surface area contributed by atoms with Gasteiger partial charge >= 0.3 is 0 Å². The maximum absolute atomic E-state index is 4.47. The van der Waals surface area contributed by atoms with Gasteiger partial charge in [0.25, 0.3) is 0 Å². The van der Waals surface area contributed by atoms with E-state index in [1.165, 1.54) is 39.0 Å². The molecule has 130 valence electrons. The normalized spacial score (nSPS) is 25.3. The summed E-state index contributed by atoms with van der Waals surface area (Å²) in [4.78, 5) is 12.2. The largest absolute Gasteiger partial charge is 0.305 e. The molecule has 0 aromatic carbocycles. The summed E-state index contributed by atoms with van der Waals surface area (Å²) in [5.74, 6) is 1.72. The van der Waals surface area contributed by atoms with Gasteiger partial charge in [0.15, 0.2) is 0 Å². The third-order valence-electron chi connectivity index (χ3n) is 5.12. The van der Waals surface area contributed by atoms with Crippen LogP contribution in [0, 0.1) is 5.92 Å². The molecule has 0 saturated carbocycles. The van der Waals surface area contributed by atoms with Gasteiger partial charge in [-0.2, -0.15) is 5.10 Å². The van der Waals surface area contributed by atoms with Crippen molar-refractivity contribution in [1.82, 2.24) is 29.5 Å². The van der Waals surface area contributed by atoms with E-state index in [0.29, 0.717) is 5.92 Å². The van der Waals surface area contributed by atoms with E-state index in [4.69, 9.17) is 0 Å². The first kappa shape index (κ1) is 16.9. The summed E-state index contributed by atoms with van der Waals surface area (Å²) in [6.07, 6.45) is 4.42. The van der Waals surface area contributed by atoms with Gasteiger partial charge in [0.1, 0.15) is 12.2 Å². The second-order valence-electron chi connectivity index (χ2n) is 7.62. The Morgan fingerprint density at radius 1 is 1.17 bits per heavy atom. The van der Waals surface area contributed by atoms with Gasteiger partial charge in [0.2, 0.25) is 0 Å². The van der Waals surface area contributed by atoms with Gasteiger partial charge in [-0.15, -0.1) is 0 Å². The van der Waals surface area contributed by atoms with Crippen molar-refractivity contribution in [3.63, 3.8) is 0 Å². The molecular weight excluding hydrogens is 288 g/mol. The second-order valence-corrected chi connectivity index (χ2v) is 7.62. The van der Waals surface area contributed by atoms with Crippen molar-refractivity contribution in [1.29, 1.82) is 0 Å². The molecule has 0 amide bonds. The summed E-state index contributed by atoms with van der Waals surface area (Å²) in [6, 6.07) is 0.764. The number of likely N-dealkylation sites (tertiary alicyclic amines) is 1. The van der Waals surface area contributed by atoms with Crippen LogP contribution in [-0.4, -0.2) is 81.8 Å². The standard InChI is InChI=1S/C17H32N6/c1-15(2)11-23-17(18-14-19-23)13-21-7-9-22(10-8-21)16-5-4-6-20(3)12-16/h14-16H,4-13H2,1-3H3/t16-/m1/s1. The predicted octanol–water partition coefficient (Wildman–Crippen LogP) is 1.15. The fourth-order valence-corrected chi connectivity index (χ4v) is 3.83. The molecule has 0 aliphatic carbocycles. The fourth-order valence-electron chi connectivity index (χ4n) is 3.83. The molecule has 3 heterocycles. The minimum absolute atomic E-state index is 0.607. The van der Waals surface area contributed by atoms with Crippen LogP contribution in [0.1, 0.15) is 32.5 Å². The van der Waals surface area contributed by atoms with Crippen LogP contribution >= 0.6 is 0 Å². The zero-order chi connectivity index (χ0) is 16.2. The number of rotatable bonds is 5. The number of nitrogens with zero attached hydrogens (tertiary/aromatic N) is 6. The lowest BCUT2D eigenvalue weighted by Crippen LogP contribution is -2.54. The summed E-state index contributed by atoms with van der Waals surface area (Å²) in [7, 11) is 2.25. The highest BCUT2D eigenvalue weighted by molar-refractivity contribution is 4.88. The lowest BCUT2D eigenvalue weighted by molar-refractivity contribution is 0.0553. The smallest absolute Gasteiger partial charge is 0.141 e. The highest BCUT2D eigenvalue weighted by Crippen LogP contribution is 2.17. The molecule has 6 nitrogen and oxygen atoms in total. The van der Waals surface area contributed by atoms with Crippen LogP contribution < -0.4 is 0 Å². The summed E-state index contributed by atoms with van der Waals surface area (Å²) in [5.41, 5.74) is 0. The number of piperidine rings is 1. The molecule has 2 aliphatic rings. The van der Waals surface area contributed by atoms with E-state index in [1.54, 1.807) is 6.33 Å². The predicted molar refractivity (Wildman–Crippen MR) is 92.2 cm³/mol. The topological polar surface area (TPSA) is 40.4 Å². The van der Waals surface area contributed by atoms with Crippen molar-refractivity contribution in [3.05, 3.63) is 12.2 Å². The molecule has 3 rings (SSSR count). The Hall–Kier alpha value is -0.980. The Morgan fingerprint density at radius 2 is 1.96 bits per heavy atom. The summed E-state index contributed by atoms with van der Waals surface area (Å²) < 4.78 is 2.08. The van der Waals surface area contributed by atoms with Crippen molar-refractivity contribution < 1.29 is 0 Å². The average molecular weight is 320 g/mol. The fraction of sp³-hybridized carbons (Fsp3) is 0.882. The van der Waals surface area contributed by atoms with E-state index in [0.717, 1.165) is 38.0 Å². The van der Waals surface area contributed by atoms with Crippen molar-refractivity contribution >= 4 is 0 Å². The molecule has 6 heteroatoms. The summed E-state index contributed by atoms with van der Waals surface area (Å²) in [6.45, 7) is 13.5. The Bertz CT molecular complexity index is 477. The molecule has 0 N–H and O–H groups in total. The highest BCUT2D eigenvalue weighted by atomic mass is 15.4. The lowest BCUT2D eigenvalue weighted by atomic mass is 10.0. The van der Waals surface area contributed by atoms with Crippen molar-refractivity contribution in [2.45, 2.75) is 45.8 Å². The van der Waals surface area contributed by atoms with Gasteiger partial charge in [0, 0.05) is 45.3 Å². The van der Waals surface area contributed by atoms with Crippen LogP contribution in [0.15, 0.2) is 6.33 Å². The van der Waals surface area contributed by atoms with Crippen LogP contribution in [0.4, 0.5) is 0 Å².